The number of aliphatic hydroxyl groups excluding tert-OH is 1. The number of halogens is 1. The highest BCUT2D eigenvalue weighted by atomic mass is 32.1. The van der Waals surface area contributed by atoms with Gasteiger partial charge in [-0.2, -0.15) is 4.37 Å². The molecule has 1 aromatic carbocycles. The van der Waals surface area contributed by atoms with Gasteiger partial charge < -0.3 is 15.2 Å². The molecule has 0 saturated heterocycles. The summed E-state index contributed by atoms with van der Waals surface area (Å²) in [6.07, 6.45) is 0.771. The maximum atomic E-state index is 12.9. The second-order valence-corrected chi connectivity index (χ2v) is 4.16. The van der Waals surface area contributed by atoms with E-state index in [4.69, 9.17) is 4.74 Å². The van der Waals surface area contributed by atoms with Gasteiger partial charge in [0, 0.05) is 12.2 Å². The summed E-state index contributed by atoms with van der Waals surface area (Å²) in [6.45, 7) is 0.370. The highest BCUT2D eigenvalue weighted by molar-refractivity contribution is 6.99. The SMILES string of the molecule is OC(CNc1cccc(F)c1)COc1cnsn1. The standard InChI is InChI=1S/C11H12FN3O2S/c12-8-2-1-3-9(4-8)13-5-10(16)7-17-11-6-14-18-15-11/h1-4,6,10,13,16H,5,7H2. The van der Waals surface area contributed by atoms with Gasteiger partial charge in [-0.1, -0.05) is 6.07 Å². The van der Waals surface area contributed by atoms with Crippen LogP contribution in [0.4, 0.5) is 10.1 Å². The number of ether oxygens (including phenoxy) is 1. The second-order valence-electron chi connectivity index (χ2n) is 3.60. The highest BCUT2D eigenvalue weighted by Crippen LogP contribution is 2.09. The lowest BCUT2D eigenvalue weighted by Crippen LogP contribution is -2.26. The predicted molar refractivity (Wildman–Crippen MR) is 66.3 cm³/mol. The lowest BCUT2D eigenvalue weighted by atomic mass is 10.3. The topological polar surface area (TPSA) is 67.3 Å². The summed E-state index contributed by atoms with van der Waals surface area (Å²) in [5.74, 6) is 0.0732. The first kappa shape index (κ1) is 12.7. The summed E-state index contributed by atoms with van der Waals surface area (Å²) < 4.78 is 25.7. The quantitative estimate of drug-likeness (QED) is 0.832. The smallest absolute Gasteiger partial charge is 0.245 e. The van der Waals surface area contributed by atoms with Crippen molar-refractivity contribution in [1.29, 1.82) is 0 Å². The van der Waals surface area contributed by atoms with Gasteiger partial charge in [0.15, 0.2) is 0 Å². The summed E-state index contributed by atoms with van der Waals surface area (Å²) in [7, 11) is 0. The maximum absolute atomic E-state index is 12.9. The lowest BCUT2D eigenvalue weighted by molar-refractivity contribution is 0.115. The number of benzene rings is 1. The summed E-state index contributed by atoms with van der Waals surface area (Å²) in [6, 6.07) is 6.04. The fraction of sp³-hybridized carbons (Fsp3) is 0.273. The Hall–Kier alpha value is -1.73. The van der Waals surface area contributed by atoms with Gasteiger partial charge in [0.2, 0.25) is 5.88 Å². The molecule has 0 aliphatic heterocycles. The van der Waals surface area contributed by atoms with E-state index in [1.807, 2.05) is 0 Å². The van der Waals surface area contributed by atoms with Crippen LogP contribution in [0.3, 0.4) is 0 Å². The summed E-state index contributed by atoms with van der Waals surface area (Å²) >= 11 is 1.04. The van der Waals surface area contributed by atoms with Crippen molar-refractivity contribution >= 4 is 17.4 Å². The number of aromatic nitrogens is 2. The molecule has 7 heteroatoms. The van der Waals surface area contributed by atoms with Gasteiger partial charge in [0.1, 0.15) is 24.7 Å². The Morgan fingerprint density at radius 2 is 2.39 bits per heavy atom. The Labute approximate surface area is 108 Å². The molecule has 0 fully saturated rings. The van der Waals surface area contributed by atoms with Crippen LogP contribution in [0.1, 0.15) is 0 Å². The van der Waals surface area contributed by atoms with Crippen molar-refractivity contribution in [3.8, 4) is 5.88 Å². The average Bonchev–Trinajstić information content (AvgIpc) is 2.87. The predicted octanol–water partition coefficient (Wildman–Crippen LogP) is 1.53. The van der Waals surface area contributed by atoms with Crippen molar-refractivity contribution in [3.05, 3.63) is 36.3 Å². The fourth-order valence-electron chi connectivity index (χ4n) is 1.29. The molecule has 1 heterocycles. The Bertz CT molecular complexity index is 481. The van der Waals surface area contributed by atoms with Crippen LogP contribution in [0.15, 0.2) is 30.5 Å². The molecular formula is C11H12FN3O2S. The van der Waals surface area contributed by atoms with E-state index in [9.17, 15) is 9.50 Å². The van der Waals surface area contributed by atoms with Gasteiger partial charge in [-0.3, -0.25) is 0 Å². The van der Waals surface area contributed by atoms with E-state index in [-0.39, 0.29) is 19.0 Å². The van der Waals surface area contributed by atoms with E-state index in [2.05, 4.69) is 14.1 Å². The Kier molecular flexibility index (Phi) is 4.43. The molecule has 5 nitrogen and oxygen atoms in total. The number of rotatable bonds is 6. The first-order valence-corrected chi connectivity index (χ1v) is 6.05. The Morgan fingerprint density at radius 1 is 1.50 bits per heavy atom. The van der Waals surface area contributed by atoms with E-state index < -0.39 is 6.10 Å². The lowest BCUT2D eigenvalue weighted by Gasteiger charge is -2.12. The minimum Gasteiger partial charge on any atom is -0.473 e. The van der Waals surface area contributed by atoms with Gasteiger partial charge >= 0.3 is 0 Å². The number of anilines is 1. The number of nitrogens with zero attached hydrogens (tertiary/aromatic N) is 2. The molecule has 0 aliphatic carbocycles. The number of nitrogens with one attached hydrogen (secondary N) is 1. The zero-order valence-corrected chi connectivity index (χ0v) is 10.2. The second kappa shape index (κ2) is 6.27. The van der Waals surface area contributed by atoms with Gasteiger partial charge in [0.25, 0.3) is 0 Å². The van der Waals surface area contributed by atoms with Crippen molar-refractivity contribution in [2.75, 3.05) is 18.5 Å². The van der Waals surface area contributed by atoms with Crippen LogP contribution in [0, 0.1) is 5.82 Å². The van der Waals surface area contributed by atoms with Crippen LogP contribution in [0.25, 0.3) is 0 Å². The summed E-state index contributed by atoms with van der Waals surface area (Å²) in [5.41, 5.74) is 0.615. The summed E-state index contributed by atoms with van der Waals surface area (Å²) in [4.78, 5) is 0. The van der Waals surface area contributed by atoms with Crippen molar-refractivity contribution in [3.63, 3.8) is 0 Å². The third-order valence-corrected chi connectivity index (χ3v) is 2.59. The molecule has 1 aromatic heterocycles. The van der Waals surface area contributed by atoms with Crippen LogP contribution in [-0.2, 0) is 0 Å². The molecule has 0 bridgehead atoms. The molecule has 2 N–H and O–H groups in total. The molecule has 0 spiro atoms. The van der Waals surface area contributed by atoms with Gasteiger partial charge in [-0.25, -0.2) is 4.39 Å². The molecule has 0 saturated carbocycles. The molecule has 1 unspecified atom stereocenters. The molecule has 0 amide bonds. The van der Waals surface area contributed by atoms with Crippen LogP contribution in [0.2, 0.25) is 0 Å². The third-order valence-electron chi connectivity index (χ3n) is 2.13. The monoisotopic (exact) mass is 269 g/mol. The van der Waals surface area contributed by atoms with E-state index in [1.165, 1.54) is 18.3 Å². The highest BCUT2D eigenvalue weighted by Gasteiger charge is 2.06. The minimum atomic E-state index is -0.713. The number of aliphatic hydroxyl groups is 1. The minimum absolute atomic E-state index is 0.105. The van der Waals surface area contributed by atoms with Gasteiger partial charge in [0.05, 0.1) is 11.7 Å². The van der Waals surface area contributed by atoms with E-state index >= 15 is 0 Å². The molecule has 0 aliphatic rings. The van der Waals surface area contributed by atoms with Crippen molar-refractivity contribution in [2.24, 2.45) is 0 Å². The van der Waals surface area contributed by atoms with Gasteiger partial charge in [-0.15, -0.1) is 4.37 Å². The van der Waals surface area contributed by atoms with Crippen LogP contribution in [0.5, 0.6) is 5.88 Å². The molecule has 2 aromatic rings. The van der Waals surface area contributed by atoms with Crippen LogP contribution < -0.4 is 10.1 Å². The third kappa shape index (κ3) is 3.94. The fourth-order valence-corrected chi connectivity index (χ4v) is 1.66. The van der Waals surface area contributed by atoms with Crippen molar-refractivity contribution in [1.82, 2.24) is 8.75 Å². The number of hydrogen-bond donors (Lipinski definition) is 2. The van der Waals surface area contributed by atoms with Crippen molar-refractivity contribution < 1.29 is 14.2 Å². The first-order chi connectivity index (χ1) is 8.74. The molecular weight excluding hydrogens is 257 g/mol. The van der Waals surface area contributed by atoms with E-state index in [0.717, 1.165) is 11.7 Å². The Balaban J connectivity index is 1.73. The largest absolute Gasteiger partial charge is 0.473 e. The number of hydrogen-bond acceptors (Lipinski definition) is 6. The Morgan fingerprint density at radius 3 is 3.11 bits per heavy atom. The zero-order chi connectivity index (χ0) is 12.8. The van der Waals surface area contributed by atoms with Crippen LogP contribution >= 0.6 is 11.7 Å². The molecule has 1 atom stereocenters. The van der Waals surface area contributed by atoms with Crippen LogP contribution in [-0.4, -0.2) is 33.1 Å². The first-order valence-electron chi connectivity index (χ1n) is 5.32. The van der Waals surface area contributed by atoms with Crippen molar-refractivity contribution in [2.45, 2.75) is 6.10 Å². The normalized spacial score (nSPS) is 12.1. The molecule has 2 rings (SSSR count). The molecule has 18 heavy (non-hydrogen) atoms. The average molecular weight is 269 g/mol. The zero-order valence-electron chi connectivity index (χ0n) is 9.41. The van der Waals surface area contributed by atoms with E-state index in [0.29, 0.717) is 11.6 Å². The molecule has 96 valence electrons. The van der Waals surface area contributed by atoms with E-state index in [1.54, 1.807) is 12.1 Å². The summed E-state index contributed by atoms with van der Waals surface area (Å²) in [5, 5.41) is 12.6. The molecule has 0 radical (unpaired) electrons. The van der Waals surface area contributed by atoms with Gasteiger partial charge in [-0.05, 0) is 18.2 Å². The maximum Gasteiger partial charge on any atom is 0.245 e.